The highest BCUT2D eigenvalue weighted by Gasteiger charge is 2.08. The van der Waals surface area contributed by atoms with Crippen LogP contribution in [-0.2, 0) is 22.6 Å². The number of carbonyl (C=O) groups is 2. The molecule has 1 aromatic carbocycles. The Morgan fingerprint density at radius 1 is 1.11 bits per heavy atom. The molecular formula is C19H23N3O5. The number of carbonyl (C=O) groups excluding carboxylic acids is 2. The van der Waals surface area contributed by atoms with E-state index in [0.717, 1.165) is 5.56 Å². The summed E-state index contributed by atoms with van der Waals surface area (Å²) in [7, 11) is 3.09. The topological polar surface area (TPSA) is 102 Å². The number of hydrazine groups is 1. The maximum absolute atomic E-state index is 12.1. The molecular weight excluding hydrogens is 350 g/mol. The maximum atomic E-state index is 12.1. The van der Waals surface area contributed by atoms with Gasteiger partial charge >= 0.3 is 0 Å². The molecule has 2 amide bonds. The third-order valence-corrected chi connectivity index (χ3v) is 3.58. The predicted molar refractivity (Wildman–Crippen MR) is 98.8 cm³/mol. The van der Waals surface area contributed by atoms with E-state index in [0.29, 0.717) is 29.5 Å². The van der Waals surface area contributed by atoms with Crippen molar-refractivity contribution in [1.29, 1.82) is 0 Å². The van der Waals surface area contributed by atoms with E-state index in [4.69, 9.17) is 13.9 Å². The summed E-state index contributed by atoms with van der Waals surface area (Å²) in [5.41, 5.74) is 6.50. The third-order valence-electron chi connectivity index (χ3n) is 3.58. The Morgan fingerprint density at radius 2 is 1.89 bits per heavy atom. The predicted octanol–water partition coefficient (Wildman–Crippen LogP) is 1.68. The normalized spacial score (nSPS) is 10.9. The Kier molecular flexibility index (Phi) is 7.30. The first-order valence-electron chi connectivity index (χ1n) is 8.26. The van der Waals surface area contributed by atoms with Crippen LogP contribution in [-0.4, -0.2) is 26.0 Å². The Balaban J connectivity index is 1.79. The fourth-order valence-electron chi connectivity index (χ4n) is 2.26. The molecule has 144 valence electrons. The number of furan rings is 1. The zero-order chi connectivity index (χ0) is 19.6. The summed E-state index contributed by atoms with van der Waals surface area (Å²) in [6.07, 6.45) is 3.03. The number of nitrogens with one attached hydrogen (secondary N) is 3. The summed E-state index contributed by atoms with van der Waals surface area (Å²) >= 11 is 0. The summed E-state index contributed by atoms with van der Waals surface area (Å²) in [5.74, 6) is 1.25. The van der Waals surface area contributed by atoms with Crippen molar-refractivity contribution < 1.29 is 23.5 Å². The molecule has 0 spiro atoms. The van der Waals surface area contributed by atoms with Gasteiger partial charge in [-0.1, -0.05) is 6.07 Å². The van der Waals surface area contributed by atoms with Crippen molar-refractivity contribution in [2.45, 2.75) is 19.9 Å². The number of ether oxygens (including phenoxy) is 2. The molecule has 0 unspecified atom stereocenters. The molecule has 0 bridgehead atoms. The first-order valence-corrected chi connectivity index (χ1v) is 8.26. The lowest BCUT2D eigenvalue weighted by molar-refractivity contribution is -0.121. The monoisotopic (exact) mass is 373 g/mol. The highest BCUT2D eigenvalue weighted by atomic mass is 16.5. The molecule has 8 heteroatoms. The van der Waals surface area contributed by atoms with Gasteiger partial charge in [0.25, 0.3) is 0 Å². The van der Waals surface area contributed by atoms with Crippen LogP contribution in [0.2, 0.25) is 0 Å². The first-order chi connectivity index (χ1) is 13.0. The number of hydrogen-bond acceptors (Lipinski definition) is 6. The zero-order valence-electron chi connectivity index (χ0n) is 15.5. The summed E-state index contributed by atoms with van der Waals surface area (Å²) in [6, 6.07) is 8.78. The van der Waals surface area contributed by atoms with Crippen LogP contribution >= 0.6 is 0 Å². The second-order valence-corrected chi connectivity index (χ2v) is 5.66. The van der Waals surface area contributed by atoms with E-state index in [1.807, 2.05) is 0 Å². The van der Waals surface area contributed by atoms with Crippen LogP contribution in [0.25, 0.3) is 0 Å². The van der Waals surface area contributed by atoms with Crippen LogP contribution < -0.4 is 25.6 Å². The Hall–Kier alpha value is -3.42. The van der Waals surface area contributed by atoms with E-state index in [1.54, 1.807) is 44.4 Å². The zero-order valence-corrected chi connectivity index (χ0v) is 15.5. The standard InChI is InChI=1S/C19H23N3O5/c1-13(9-18(23)20-12-15-5-4-8-27-15)21-22-19(24)11-14-6-7-16(25-2)17(10-14)26-3/h4-10,21H,11-12H2,1-3H3,(H,20,23)(H,22,24)/b13-9+. The molecule has 0 aliphatic rings. The van der Waals surface area contributed by atoms with E-state index in [9.17, 15) is 9.59 Å². The lowest BCUT2D eigenvalue weighted by atomic mass is 10.1. The van der Waals surface area contributed by atoms with Gasteiger partial charge < -0.3 is 24.6 Å². The lowest BCUT2D eigenvalue weighted by Crippen LogP contribution is -2.37. The van der Waals surface area contributed by atoms with Gasteiger partial charge in [0.2, 0.25) is 11.8 Å². The lowest BCUT2D eigenvalue weighted by Gasteiger charge is -2.11. The fraction of sp³-hybridized carbons (Fsp3) is 0.263. The third kappa shape index (κ3) is 6.43. The van der Waals surface area contributed by atoms with E-state index in [2.05, 4.69) is 16.2 Å². The van der Waals surface area contributed by atoms with Gasteiger partial charge in [-0.3, -0.25) is 15.0 Å². The van der Waals surface area contributed by atoms with Crippen LogP contribution in [0.4, 0.5) is 0 Å². The van der Waals surface area contributed by atoms with Gasteiger partial charge in [-0.15, -0.1) is 0 Å². The highest BCUT2D eigenvalue weighted by Crippen LogP contribution is 2.27. The molecule has 2 aromatic rings. The number of methoxy groups -OCH3 is 2. The largest absolute Gasteiger partial charge is 0.493 e. The van der Waals surface area contributed by atoms with Gasteiger partial charge in [0.15, 0.2) is 11.5 Å². The molecule has 0 aliphatic carbocycles. The molecule has 1 aromatic heterocycles. The van der Waals surface area contributed by atoms with Gasteiger partial charge in [0, 0.05) is 11.8 Å². The summed E-state index contributed by atoms with van der Waals surface area (Å²) in [5, 5.41) is 2.68. The molecule has 8 nitrogen and oxygen atoms in total. The highest BCUT2D eigenvalue weighted by molar-refractivity contribution is 5.88. The molecule has 0 radical (unpaired) electrons. The summed E-state index contributed by atoms with van der Waals surface area (Å²) < 4.78 is 15.5. The second-order valence-electron chi connectivity index (χ2n) is 5.66. The van der Waals surface area contributed by atoms with Crippen molar-refractivity contribution in [3.8, 4) is 11.5 Å². The van der Waals surface area contributed by atoms with Gasteiger partial charge in [0.05, 0.1) is 33.4 Å². The van der Waals surface area contributed by atoms with E-state index < -0.39 is 0 Å². The fourth-order valence-corrected chi connectivity index (χ4v) is 2.26. The van der Waals surface area contributed by atoms with Crippen molar-refractivity contribution in [1.82, 2.24) is 16.2 Å². The van der Waals surface area contributed by atoms with Gasteiger partial charge in [0.1, 0.15) is 5.76 Å². The van der Waals surface area contributed by atoms with Gasteiger partial charge in [-0.05, 0) is 36.8 Å². The molecule has 1 heterocycles. The number of allylic oxidation sites excluding steroid dienone is 1. The minimum absolute atomic E-state index is 0.144. The molecule has 0 saturated heterocycles. The van der Waals surface area contributed by atoms with Crippen molar-refractivity contribution >= 4 is 11.8 Å². The minimum atomic E-state index is -0.300. The van der Waals surface area contributed by atoms with E-state index >= 15 is 0 Å². The smallest absolute Gasteiger partial charge is 0.246 e. The number of benzene rings is 1. The molecule has 0 fully saturated rings. The molecule has 0 aliphatic heterocycles. The van der Waals surface area contributed by atoms with Crippen molar-refractivity contribution in [2.24, 2.45) is 0 Å². The van der Waals surface area contributed by atoms with E-state index in [-0.39, 0.29) is 18.2 Å². The van der Waals surface area contributed by atoms with Gasteiger partial charge in [-0.25, -0.2) is 0 Å². The van der Waals surface area contributed by atoms with Crippen LogP contribution in [0.3, 0.4) is 0 Å². The molecule has 0 atom stereocenters. The van der Waals surface area contributed by atoms with E-state index in [1.165, 1.54) is 19.4 Å². The van der Waals surface area contributed by atoms with Crippen LogP contribution in [0, 0.1) is 0 Å². The summed E-state index contributed by atoms with van der Waals surface area (Å²) in [4.78, 5) is 23.9. The quantitative estimate of drug-likeness (QED) is 0.457. The number of amides is 2. The van der Waals surface area contributed by atoms with Crippen molar-refractivity contribution in [2.75, 3.05) is 14.2 Å². The Labute approximate surface area is 157 Å². The van der Waals surface area contributed by atoms with Crippen molar-refractivity contribution in [3.05, 3.63) is 59.7 Å². The average molecular weight is 373 g/mol. The van der Waals surface area contributed by atoms with Crippen LogP contribution in [0.15, 0.2) is 52.8 Å². The first kappa shape index (κ1) is 19.9. The summed E-state index contributed by atoms with van der Waals surface area (Å²) in [6.45, 7) is 1.96. The molecule has 0 saturated carbocycles. The second kappa shape index (κ2) is 9.91. The SMILES string of the molecule is COc1ccc(CC(=O)NN/C(C)=C/C(=O)NCc2ccco2)cc1OC. The average Bonchev–Trinajstić information content (AvgIpc) is 3.18. The Bertz CT molecular complexity index is 800. The molecule has 3 N–H and O–H groups in total. The maximum Gasteiger partial charge on any atom is 0.246 e. The number of hydrogen-bond donors (Lipinski definition) is 3. The van der Waals surface area contributed by atoms with Crippen LogP contribution in [0.5, 0.6) is 11.5 Å². The minimum Gasteiger partial charge on any atom is -0.493 e. The molecule has 2 rings (SSSR count). The van der Waals surface area contributed by atoms with Gasteiger partial charge in [-0.2, -0.15) is 0 Å². The molecule has 27 heavy (non-hydrogen) atoms. The number of rotatable bonds is 9. The van der Waals surface area contributed by atoms with Crippen molar-refractivity contribution in [3.63, 3.8) is 0 Å². The Morgan fingerprint density at radius 3 is 2.56 bits per heavy atom. The van der Waals surface area contributed by atoms with Crippen LogP contribution in [0.1, 0.15) is 18.2 Å².